The Morgan fingerprint density at radius 1 is 1.46 bits per heavy atom. The van der Waals surface area contributed by atoms with Crippen LogP contribution in [-0.2, 0) is 26.7 Å². The summed E-state index contributed by atoms with van der Waals surface area (Å²) < 4.78 is 3.39. The molecule has 0 fully saturated rings. The van der Waals surface area contributed by atoms with E-state index in [1.807, 2.05) is 10.7 Å². The normalized spacial score (nSPS) is 13.3. The van der Waals surface area contributed by atoms with Crippen molar-refractivity contribution in [2.45, 2.75) is 26.6 Å². The van der Waals surface area contributed by atoms with Gasteiger partial charge in [-0.05, 0) is 18.6 Å². The number of hydrogen-bond donors (Lipinski definition) is 2. The predicted octanol–water partition coefficient (Wildman–Crippen LogP) is 0.955. The number of aromatic nitrogens is 4. The van der Waals surface area contributed by atoms with Crippen LogP contribution in [0.4, 0.5) is 0 Å². The van der Waals surface area contributed by atoms with Crippen LogP contribution in [0.15, 0.2) is 17.2 Å². The van der Waals surface area contributed by atoms with Crippen molar-refractivity contribution in [1.29, 1.82) is 0 Å². The molecule has 1 amide bonds. The fourth-order valence-corrected chi connectivity index (χ4v) is 4.07. The van der Waals surface area contributed by atoms with Crippen molar-refractivity contribution in [1.82, 2.24) is 30.0 Å². The van der Waals surface area contributed by atoms with Crippen molar-refractivity contribution in [2.24, 2.45) is 7.05 Å². The van der Waals surface area contributed by atoms with Gasteiger partial charge < -0.3 is 15.2 Å². The van der Waals surface area contributed by atoms with E-state index >= 15 is 0 Å². The number of thiophene rings is 1. The van der Waals surface area contributed by atoms with E-state index in [0.717, 1.165) is 31.0 Å². The topological polar surface area (TPSA) is 93.8 Å². The molecule has 3 aromatic heterocycles. The van der Waals surface area contributed by atoms with E-state index in [4.69, 9.17) is 0 Å². The molecule has 0 unspecified atom stereocenters. The van der Waals surface area contributed by atoms with Gasteiger partial charge in [0.25, 0.3) is 11.5 Å². The summed E-state index contributed by atoms with van der Waals surface area (Å²) in [6.07, 6.45) is 1.48. The largest absolute Gasteiger partial charge is 0.346 e. The summed E-state index contributed by atoms with van der Waals surface area (Å²) in [6, 6.07) is 2.00. The molecule has 26 heavy (non-hydrogen) atoms. The van der Waals surface area contributed by atoms with Crippen LogP contribution in [0.2, 0.25) is 0 Å². The molecule has 0 aliphatic carbocycles. The summed E-state index contributed by atoms with van der Waals surface area (Å²) in [5.74, 6) is -0.202. The van der Waals surface area contributed by atoms with E-state index in [0.29, 0.717) is 27.2 Å². The van der Waals surface area contributed by atoms with Crippen LogP contribution in [0.1, 0.15) is 26.6 Å². The zero-order valence-electron chi connectivity index (χ0n) is 14.4. The monoisotopic (exact) mass is 394 g/mol. The number of hydrogen-bond acceptors (Lipinski definition) is 6. The zero-order valence-corrected chi connectivity index (χ0v) is 16.0. The van der Waals surface area contributed by atoms with Gasteiger partial charge in [0, 0.05) is 20.1 Å². The molecule has 1 aliphatic rings. The summed E-state index contributed by atoms with van der Waals surface area (Å²) in [5, 5.41) is 11.2. The number of halogens is 1. The molecule has 0 spiro atoms. The summed E-state index contributed by atoms with van der Waals surface area (Å²) in [5.41, 5.74) is 2.51. The molecule has 0 bridgehead atoms. The maximum Gasteiger partial charge on any atom is 0.262 e. The smallest absolute Gasteiger partial charge is 0.262 e. The van der Waals surface area contributed by atoms with Crippen LogP contribution >= 0.6 is 23.7 Å². The SMILES string of the molecule is Cc1c(C(=O)NCc2cc3n(n2)CCNC3)sc2ncn(C)c(=O)c12.Cl. The van der Waals surface area contributed by atoms with E-state index in [1.54, 1.807) is 14.0 Å². The van der Waals surface area contributed by atoms with Gasteiger partial charge in [-0.3, -0.25) is 14.3 Å². The molecule has 10 heteroatoms. The molecule has 138 valence electrons. The van der Waals surface area contributed by atoms with Gasteiger partial charge in [-0.1, -0.05) is 0 Å². The van der Waals surface area contributed by atoms with Gasteiger partial charge in [0.1, 0.15) is 4.83 Å². The van der Waals surface area contributed by atoms with Crippen molar-refractivity contribution >= 4 is 39.9 Å². The number of carbonyl (C=O) groups is 1. The maximum absolute atomic E-state index is 12.6. The van der Waals surface area contributed by atoms with Gasteiger partial charge in [-0.25, -0.2) is 4.98 Å². The lowest BCUT2D eigenvalue weighted by Crippen LogP contribution is -2.28. The highest BCUT2D eigenvalue weighted by molar-refractivity contribution is 7.20. The standard InChI is InChI=1S/C16H18N6O2S.ClH/c1-9-12-15(19-8-21(2)16(12)24)25-13(9)14(23)18-6-10-5-11-7-17-3-4-22(11)20-10;/h5,8,17H,3-4,6-7H2,1-2H3,(H,18,23);1H. The lowest BCUT2D eigenvalue weighted by Gasteiger charge is -2.13. The molecule has 0 aromatic carbocycles. The number of nitrogens with zero attached hydrogens (tertiary/aromatic N) is 4. The second-order valence-electron chi connectivity index (χ2n) is 6.11. The first-order valence-electron chi connectivity index (χ1n) is 8.04. The van der Waals surface area contributed by atoms with Crippen molar-refractivity contribution in [3.05, 3.63) is 44.6 Å². The fourth-order valence-electron chi connectivity index (χ4n) is 3.02. The van der Waals surface area contributed by atoms with Gasteiger partial charge in [-0.2, -0.15) is 5.10 Å². The zero-order chi connectivity index (χ0) is 17.6. The van der Waals surface area contributed by atoms with Gasteiger partial charge in [0.2, 0.25) is 0 Å². The van der Waals surface area contributed by atoms with Crippen molar-refractivity contribution < 1.29 is 4.79 Å². The van der Waals surface area contributed by atoms with Crippen LogP contribution in [0.25, 0.3) is 10.2 Å². The number of nitrogens with one attached hydrogen (secondary N) is 2. The Labute approximate surface area is 159 Å². The maximum atomic E-state index is 12.6. The van der Waals surface area contributed by atoms with Crippen molar-refractivity contribution in [3.8, 4) is 0 Å². The van der Waals surface area contributed by atoms with Crippen LogP contribution in [0.5, 0.6) is 0 Å². The third kappa shape index (κ3) is 3.13. The lowest BCUT2D eigenvalue weighted by molar-refractivity contribution is 0.0954. The lowest BCUT2D eigenvalue weighted by atomic mass is 10.2. The highest BCUT2D eigenvalue weighted by atomic mass is 35.5. The first-order chi connectivity index (χ1) is 12.0. The number of amides is 1. The van der Waals surface area contributed by atoms with Crippen LogP contribution < -0.4 is 16.2 Å². The Kier molecular flexibility index (Phi) is 5.12. The molecule has 0 saturated carbocycles. The second-order valence-corrected chi connectivity index (χ2v) is 7.11. The average Bonchev–Trinajstić information content (AvgIpc) is 3.17. The Morgan fingerprint density at radius 2 is 2.27 bits per heavy atom. The van der Waals surface area contributed by atoms with Crippen LogP contribution in [0.3, 0.4) is 0 Å². The summed E-state index contributed by atoms with van der Waals surface area (Å²) in [4.78, 5) is 30.2. The second kappa shape index (κ2) is 7.18. The van der Waals surface area contributed by atoms with Gasteiger partial charge in [-0.15, -0.1) is 23.7 Å². The summed E-state index contributed by atoms with van der Waals surface area (Å²) >= 11 is 1.25. The third-order valence-corrected chi connectivity index (χ3v) is 5.57. The van der Waals surface area contributed by atoms with Crippen molar-refractivity contribution in [2.75, 3.05) is 6.54 Å². The molecule has 1 aliphatic heterocycles. The molecule has 3 aromatic rings. The molecule has 4 heterocycles. The fraction of sp³-hybridized carbons (Fsp3) is 0.375. The molecule has 0 atom stereocenters. The predicted molar refractivity (Wildman–Crippen MR) is 102 cm³/mol. The molecule has 4 rings (SSSR count). The van der Waals surface area contributed by atoms with E-state index in [1.165, 1.54) is 22.2 Å². The molecule has 8 nitrogen and oxygen atoms in total. The first-order valence-corrected chi connectivity index (χ1v) is 8.85. The van der Waals surface area contributed by atoms with Crippen LogP contribution in [0, 0.1) is 6.92 Å². The molecule has 0 saturated heterocycles. The Morgan fingerprint density at radius 3 is 3.04 bits per heavy atom. The highest BCUT2D eigenvalue weighted by Crippen LogP contribution is 2.26. The van der Waals surface area contributed by atoms with Gasteiger partial charge in [0.15, 0.2) is 0 Å². The van der Waals surface area contributed by atoms with Gasteiger partial charge >= 0.3 is 0 Å². The van der Waals surface area contributed by atoms with E-state index in [-0.39, 0.29) is 23.9 Å². The summed E-state index contributed by atoms with van der Waals surface area (Å²) in [7, 11) is 1.65. The van der Waals surface area contributed by atoms with E-state index in [9.17, 15) is 9.59 Å². The third-order valence-electron chi connectivity index (χ3n) is 4.37. The number of carbonyl (C=O) groups excluding carboxylic acids is 1. The Hall–Kier alpha value is -2.23. The minimum atomic E-state index is -0.202. The molecular formula is C16H19ClN6O2S. The van der Waals surface area contributed by atoms with E-state index < -0.39 is 0 Å². The first kappa shape index (κ1) is 18.6. The summed E-state index contributed by atoms with van der Waals surface area (Å²) in [6.45, 7) is 4.69. The molecule has 0 radical (unpaired) electrons. The molecular weight excluding hydrogens is 376 g/mol. The number of fused-ring (bicyclic) bond motifs is 2. The molecule has 2 N–H and O–H groups in total. The van der Waals surface area contributed by atoms with Crippen molar-refractivity contribution in [3.63, 3.8) is 0 Å². The van der Waals surface area contributed by atoms with Gasteiger partial charge in [0.05, 0.1) is 41.1 Å². The van der Waals surface area contributed by atoms with E-state index in [2.05, 4.69) is 20.7 Å². The minimum absolute atomic E-state index is 0. The van der Waals surface area contributed by atoms with Crippen LogP contribution in [-0.4, -0.2) is 31.8 Å². The number of aryl methyl sites for hydroxylation is 2. The highest BCUT2D eigenvalue weighted by Gasteiger charge is 2.19. The number of rotatable bonds is 3. The quantitative estimate of drug-likeness (QED) is 0.690. The minimum Gasteiger partial charge on any atom is -0.346 e. The average molecular weight is 395 g/mol. The Bertz CT molecular complexity index is 1010. The Balaban J connectivity index is 0.00000196.